The summed E-state index contributed by atoms with van der Waals surface area (Å²) in [7, 11) is 1.66. The van der Waals surface area contributed by atoms with Crippen LogP contribution in [0.15, 0.2) is 12.1 Å². The summed E-state index contributed by atoms with van der Waals surface area (Å²) in [6.07, 6.45) is 0.765. The zero-order chi connectivity index (χ0) is 13.8. The third-order valence-corrected chi connectivity index (χ3v) is 2.97. The van der Waals surface area contributed by atoms with Gasteiger partial charge in [-0.05, 0) is 31.9 Å². The van der Waals surface area contributed by atoms with Gasteiger partial charge in [-0.2, -0.15) is 0 Å². The van der Waals surface area contributed by atoms with Gasteiger partial charge in [0.2, 0.25) is 6.79 Å². The van der Waals surface area contributed by atoms with Crippen molar-refractivity contribution in [2.45, 2.75) is 32.4 Å². The number of nitrogens with two attached hydrogens (primary N) is 1. The Bertz CT molecular complexity index is 434. The molecule has 0 bridgehead atoms. The van der Waals surface area contributed by atoms with Crippen LogP contribution >= 0.6 is 0 Å². The van der Waals surface area contributed by atoms with E-state index in [4.69, 9.17) is 24.7 Å². The molecular formula is C14H21NO4. The van der Waals surface area contributed by atoms with Crippen molar-refractivity contribution in [2.75, 3.05) is 20.5 Å². The molecule has 5 nitrogen and oxygen atoms in total. The molecule has 0 radical (unpaired) electrons. The molecule has 0 saturated heterocycles. The summed E-state index contributed by atoms with van der Waals surface area (Å²) < 4.78 is 21.7. The van der Waals surface area contributed by atoms with Crippen molar-refractivity contribution in [1.82, 2.24) is 0 Å². The Morgan fingerprint density at radius 2 is 1.95 bits per heavy atom. The highest BCUT2D eigenvalue weighted by atomic mass is 16.7. The average Bonchev–Trinajstić information content (AvgIpc) is 2.81. The lowest BCUT2D eigenvalue weighted by Crippen LogP contribution is -2.20. The number of methoxy groups -OCH3 is 1. The van der Waals surface area contributed by atoms with Crippen molar-refractivity contribution in [2.24, 2.45) is 5.73 Å². The number of rotatable bonds is 6. The van der Waals surface area contributed by atoms with Crippen LogP contribution in [-0.2, 0) is 11.2 Å². The van der Waals surface area contributed by atoms with Gasteiger partial charge in [-0.1, -0.05) is 0 Å². The molecule has 1 aliphatic rings. The van der Waals surface area contributed by atoms with E-state index < -0.39 is 0 Å². The topological polar surface area (TPSA) is 62.9 Å². The van der Waals surface area contributed by atoms with Crippen molar-refractivity contribution in [3.05, 3.63) is 17.7 Å². The van der Waals surface area contributed by atoms with Crippen molar-refractivity contribution in [1.29, 1.82) is 0 Å². The van der Waals surface area contributed by atoms with Crippen LogP contribution in [0, 0.1) is 0 Å². The molecular weight excluding hydrogens is 246 g/mol. The summed E-state index contributed by atoms with van der Waals surface area (Å²) in [6.45, 7) is 4.66. The third kappa shape index (κ3) is 3.52. The van der Waals surface area contributed by atoms with E-state index in [9.17, 15) is 0 Å². The van der Waals surface area contributed by atoms with Gasteiger partial charge in [0.1, 0.15) is 12.4 Å². The minimum Gasteiger partial charge on any atom is -0.490 e. The van der Waals surface area contributed by atoms with Gasteiger partial charge >= 0.3 is 0 Å². The van der Waals surface area contributed by atoms with Gasteiger partial charge in [0, 0.05) is 19.2 Å². The van der Waals surface area contributed by atoms with E-state index in [1.807, 2.05) is 26.0 Å². The Balaban J connectivity index is 2.18. The predicted octanol–water partition coefficient (Wildman–Crippen LogP) is 1.72. The SMILES string of the molecule is COC(C)COc1cc2c(cc1CC(C)N)OCO2. The zero-order valence-electron chi connectivity index (χ0n) is 11.6. The lowest BCUT2D eigenvalue weighted by atomic mass is 10.1. The van der Waals surface area contributed by atoms with Crippen LogP contribution in [-0.4, -0.2) is 32.7 Å². The molecule has 1 heterocycles. The first-order valence-corrected chi connectivity index (χ1v) is 6.44. The second-order valence-electron chi connectivity index (χ2n) is 4.85. The number of benzene rings is 1. The first kappa shape index (κ1) is 14.0. The molecule has 1 aromatic carbocycles. The van der Waals surface area contributed by atoms with Crippen LogP contribution < -0.4 is 19.9 Å². The van der Waals surface area contributed by atoms with Crippen LogP contribution in [0.2, 0.25) is 0 Å². The molecule has 0 saturated carbocycles. The van der Waals surface area contributed by atoms with Crippen LogP contribution in [0.1, 0.15) is 19.4 Å². The molecule has 1 aromatic rings. The van der Waals surface area contributed by atoms with Crippen molar-refractivity contribution < 1.29 is 18.9 Å². The first-order valence-electron chi connectivity index (χ1n) is 6.44. The lowest BCUT2D eigenvalue weighted by Gasteiger charge is -2.16. The highest BCUT2D eigenvalue weighted by Gasteiger charge is 2.19. The highest BCUT2D eigenvalue weighted by molar-refractivity contribution is 5.52. The predicted molar refractivity (Wildman–Crippen MR) is 71.9 cm³/mol. The second-order valence-corrected chi connectivity index (χ2v) is 4.85. The summed E-state index contributed by atoms with van der Waals surface area (Å²) >= 11 is 0. The normalized spacial score (nSPS) is 16.2. The molecule has 1 aliphatic heterocycles. The van der Waals surface area contributed by atoms with Gasteiger partial charge in [-0.3, -0.25) is 0 Å². The van der Waals surface area contributed by atoms with Crippen LogP contribution in [0.25, 0.3) is 0 Å². The quantitative estimate of drug-likeness (QED) is 0.850. The molecule has 0 fully saturated rings. The van der Waals surface area contributed by atoms with E-state index in [-0.39, 0.29) is 18.9 Å². The zero-order valence-corrected chi connectivity index (χ0v) is 11.6. The van der Waals surface area contributed by atoms with Crippen LogP contribution in [0.3, 0.4) is 0 Å². The number of fused-ring (bicyclic) bond motifs is 1. The molecule has 2 N–H and O–H groups in total. The molecule has 0 aliphatic carbocycles. The maximum atomic E-state index is 5.87. The Hall–Kier alpha value is -1.46. The Morgan fingerprint density at radius 3 is 2.58 bits per heavy atom. The molecule has 2 unspecified atom stereocenters. The highest BCUT2D eigenvalue weighted by Crippen LogP contribution is 2.38. The third-order valence-electron chi connectivity index (χ3n) is 2.97. The maximum Gasteiger partial charge on any atom is 0.231 e. The molecule has 0 aromatic heterocycles. The van der Waals surface area contributed by atoms with Gasteiger partial charge in [-0.25, -0.2) is 0 Å². The van der Waals surface area contributed by atoms with E-state index in [1.165, 1.54) is 0 Å². The Labute approximate surface area is 113 Å². The lowest BCUT2D eigenvalue weighted by molar-refractivity contribution is 0.0712. The maximum absolute atomic E-state index is 5.87. The van der Waals surface area contributed by atoms with Crippen molar-refractivity contribution in [3.63, 3.8) is 0 Å². The van der Waals surface area contributed by atoms with Crippen molar-refractivity contribution >= 4 is 0 Å². The van der Waals surface area contributed by atoms with Crippen molar-refractivity contribution in [3.8, 4) is 17.2 Å². The Kier molecular flexibility index (Phi) is 4.50. The van der Waals surface area contributed by atoms with E-state index in [2.05, 4.69) is 0 Å². The minimum absolute atomic E-state index is 0.0357. The fraction of sp³-hybridized carbons (Fsp3) is 0.571. The van der Waals surface area contributed by atoms with E-state index in [1.54, 1.807) is 7.11 Å². The fourth-order valence-electron chi connectivity index (χ4n) is 1.88. The molecule has 106 valence electrons. The monoisotopic (exact) mass is 267 g/mol. The summed E-state index contributed by atoms with van der Waals surface area (Å²) in [5, 5.41) is 0. The van der Waals surface area contributed by atoms with Gasteiger partial charge in [0.05, 0.1) is 6.10 Å². The van der Waals surface area contributed by atoms with E-state index in [0.29, 0.717) is 12.4 Å². The summed E-state index contributed by atoms with van der Waals surface area (Å²) in [4.78, 5) is 0. The number of ether oxygens (including phenoxy) is 4. The Morgan fingerprint density at radius 1 is 1.26 bits per heavy atom. The molecule has 5 heteroatoms. The molecule has 0 amide bonds. The average molecular weight is 267 g/mol. The minimum atomic E-state index is 0.0357. The summed E-state index contributed by atoms with van der Waals surface area (Å²) in [5.74, 6) is 2.25. The van der Waals surface area contributed by atoms with Gasteiger partial charge in [0.15, 0.2) is 11.5 Å². The summed E-state index contributed by atoms with van der Waals surface area (Å²) in [6, 6.07) is 3.86. The standard InChI is InChI=1S/C14H21NO4/c1-9(15)4-11-5-13-14(19-8-18-13)6-12(11)17-7-10(2)16-3/h5-6,9-10H,4,7-8,15H2,1-3H3. The second kappa shape index (κ2) is 6.12. The molecule has 2 rings (SSSR count). The van der Waals surface area contributed by atoms with Crippen LogP contribution in [0.4, 0.5) is 0 Å². The van der Waals surface area contributed by atoms with E-state index in [0.717, 1.165) is 23.5 Å². The number of hydrogen-bond acceptors (Lipinski definition) is 5. The van der Waals surface area contributed by atoms with Gasteiger partial charge in [0.25, 0.3) is 0 Å². The fourth-order valence-corrected chi connectivity index (χ4v) is 1.88. The molecule has 19 heavy (non-hydrogen) atoms. The largest absolute Gasteiger partial charge is 0.490 e. The summed E-state index contributed by atoms with van der Waals surface area (Å²) in [5.41, 5.74) is 6.90. The smallest absolute Gasteiger partial charge is 0.231 e. The molecule has 0 spiro atoms. The first-order chi connectivity index (χ1) is 9.10. The molecule has 2 atom stereocenters. The van der Waals surface area contributed by atoms with E-state index >= 15 is 0 Å². The van der Waals surface area contributed by atoms with Gasteiger partial charge in [-0.15, -0.1) is 0 Å². The van der Waals surface area contributed by atoms with Gasteiger partial charge < -0.3 is 24.7 Å². The van der Waals surface area contributed by atoms with Crippen LogP contribution in [0.5, 0.6) is 17.2 Å². The number of hydrogen-bond donors (Lipinski definition) is 1.